The van der Waals surface area contributed by atoms with Crippen LogP contribution in [-0.2, 0) is 0 Å². The summed E-state index contributed by atoms with van der Waals surface area (Å²) in [7, 11) is 0. The Kier molecular flexibility index (Phi) is 2.80. The van der Waals surface area contributed by atoms with Crippen molar-refractivity contribution in [1.29, 1.82) is 0 Å². The minimum Gasteiger partial charge on any atom is -0.383 e. The Hall–Kier alpha value is -0.700. The third-order valence-electron chi connectivity index (χ3n) is 5.50. The standard InChI is InChI=1S/C16H22N2S/c17-15-14(2-1-3-18-15)19-10-16-7-11-4-12(8-16)6-13(5-11)9-16/h1-3,11-13H,4-10H2,(H2,17,18). The van der Waals surface area contributed by atoms with E-state index in [1.54, 1.807) is 6.20 Å². The molecule has 4 aliphatic carbocycles. The molecule has 3 heteroatoms. The molecule has 1 aromatic heterocycles. The number of nitrogen functional groups attached to an aromatic ring is 1. The van der Waals surface area contributed by atoms with Crippen LogP contribution < -0.4 is 5.73 Å². The van der Waals surface area contributed by atoms with Gasteiger partial charge < -0.3 is 5.73 Å². The number of rotatable bonds is 3. The predicted octanol–water partition coefficient (Wildman–Crippen LogP) is 3.97. The van der Waals surface area contributed by atoms with E-state index in [0.717, 1.165) is 17.8 Å². The fourth-order valence-electron chi connectivity index (χ4n) is 5.22. The first kappa shape index (κ1) is 12.1. The van der Waals surface area contributed by atoms with Crippen molar-refractivity contribution in [3.63, 3.8) is 0 Å². The van der Waals surface area contributed by atoms with Gasteiger partial charge in [-0.1, -0.05) is 0 Å². The molecule has 4 aliphatic rings. The van der Waals surface area contributed by atoms with Crippen molar-refractivity contribution in [2.45, 2.75) is 43.4 Å². The van der Waals surface area contributed by atoms with Crippen LogP contribution in [0.15, 0.2) is 23.2 Å². The van der Waals surface area contributed by atoms with E-state index >= 15 is 0 Å². The number of hydrogen-bond donors (Lipinski definition) is 1. The maximum Gasteiger partial charge on any atom is 0.137 e. The van der Waals surface area contributed by atoms with Crippen molar-refractivity contribution >= 4 is 17.6 Å². The molecule has 2 nitrogen and oxygen atoms in total. The molecular weight excluding hydrogens is 252 g/mol. The van der Waals surface area contributed by atoms with Gasteiger partial charge in [-0.05, 0) is 73.8 Å². The first-order valence-corrected chi connectivity index (χ1v) is 8.54. The zero-order chi connectivity index (χ0) is 12.9. The summed E-state index contributed by atoms with van der Waals surface area (Å²) in [5.41, 5.74) is 6.59. The highest BCUT2D eigenvalue weighted by atomic mass is 32.2. The molecule has 0 radical (unpaired) electrons. The average Bonchev–Trinajstić information content (AvgIpc) is 2.36. The highest BCUT2D eigenvalue weighted by Gasteiger charge is 2.50. The fourth-order valence-corrected chi connectivity index (χ4v) is 6.41. The van der Waals surface area contributed by atoms with Gasteiger partial charge in [0.25, 0.3) is 0 Å². The monoisotopic (exact) mass is 274 g/mol. The molecule has 1 heterocycles. The number of pyridine rings is 1. The zero-order valence-corrected chi connectivity index (χ0v) is 12.2. The van der Waals surface area contributed by atoms with E-state index in [2.05, 4.69) is 11.1 Å². The molecule has 0 spiro atoms. The van der Waals surface area contributed by atoms with E-state index in [1.165, 1.54) is 49.2 Å². The van der Waals surface area contributed by atoms with Crippen LogP contribution in [0.2, 0.25) is 0 Å². The second-order valence-corrected chi connectivity index (χ2v) is 8.11. The third kappa shape index (κ3) is 2.16. The van der Waals surface area contributed by atoms with Crippen LogP contribution >= 0.6 is 11.8 Å². The Balaban J connectivity index is 1.49. The molecule has 2 N–H and O–H groups in total. The van der Waals surface area contributed by atoms with Crippen molar-refractivity contribution in [3.05, 3.63) is 18.3 Å². The number of anilines is 1. The van der Waals surface area contributed by atoms with Gasteiger partial charge in [0.05, 0.1) is 0 Å². The molecule has 0 aromatic carbocycles. The lowest BCUT2D eigenvalue weighted by molar-refractivity contribution is -0.0381. The van der Waals surface area contributed by atoms with Crippen LogP contribution in [0.3, 0.4) is 0 Å². The lowest BCUT2D eigenvalue weighted by atomic mass is 9.50. The summed E-state index contributed by atoms with van der Waals surface area (Å²) >= 11 is 1.95. The molecule has 4 saturated carbocycles. The Morgan fingerprint density at radius 3 is 2.37 bits per heavy atom. The number of aromatic nitrogens is 1. The van der Waals surface area contributed by atoms with Crippen LogP contribution in [0.5, 0.6) is 0 Å². The lowest BCUT2D eigenvalue weighted by Gasteiger charge is -2.56. The van der Waals surface area contributed by atoms with Crippen molar-refractivity contribution in [3.8, 4) is 0 Å². The highest BCUT2D eigenvalue weighted by molar-refractivity contribution is 7.99. The highest BCUT2D eigenvalue weighted by Crippen LogP contribution is 2.61. The van der Waals surface area contributed by atoms with E-state index < -0.39 is 0 Å². The van der Waals surface area contributed by atoms with E-state index in [9.17, 15) is 0 Å². The van der Waals surface area contributed by atoms with Gasteiger partial charge >= 0.3 is 0 Å². The SMILES string of the molecule is Nc1ncccc1SCC12CC3CC(CC(C3)C1)C2. The molecular formula is C16H22N2S. The largest absolute Gasteiger partial charge is 0.383 e. The van der Waals surface area contributed by atoms with Gasteiger partial charge in [-0.3, -0.25) is 0 Å². The summed E-state index contributed by atoms with van der Waals surface area (Å²) in [6, 6.07) is 4.12. The van der Waals surface area contributed by atoms with Crippen molar-refractivity contribution in [2.75, 3.05) is 11.5 Å². The second-order valence-electron chi connectivity index (χ2n) is 7.09. The summed E-state index contributed by atoms with van der Waals surface area (Å²) in [4.78, 5) is 5.38. The van der Waals surface area contributed by atoms with Gasteiger partial charge in [0.1, 0.15) is 5.82 Å². The number of nitrogens with two attached hydrogens (primary N) is 1. The van der Waals surface area contributed by atoms with Gasteiger partial charge in [0.2, 0.25) is 0 Å². The van der Waals surface area contributed by atoms with Gasteiger partial charge in [0.15, 0.2) is 0 Å². The molecule has 0 atom stereocenters. The Labute approximate surface area is 119 Å². The van der Waals surface area contributed by atoms with Crippen LogP contribution in [0.4, 0.5) is 5.82 Å². The Morgan fingerprint density at radius 2 is 1.79 bits per heavy atom. The van der Waals surface area contributed by atoms with Gasteiger partial charge in [-0.2, -0.15) is 0 Å². The van der Waals surface area contributed by atoms with Gasteiger partial charge in [-0.25, -0.2) is 4.98 Å². The number of thioether (sulfide) groups is 1. The van der Waals surface area contributed by atoms with E-state index in [1.807, 2.05) is 17.8 Å². The van der Waals surface area contributed by atoms with Crippen molar-refractivity contribution in [2.24, 2.45) is 23.2 Å². The molecule has 4 bridgehead atoms. The van der Waals surface area contributed by atoms with Crippen LogP contribution in [0, 0.1) is 23.2 Å². The summed E-state index contributed by atoms with van der Waals surface area (Å²) < 4.78 is 0. The minimum atomic E-state index is 0.627. The average molecular weight is 274 g/mol. The summed E-state index contributed by atoms with van der Waals surface area (Å²) in [6.07, 6.45) is 10.8. The van der Waals surface area contributed by atoms with Crippen LogP contribution in [-0.4, -0.2) is 10.7 Å². The summed E-state index contributed by atoms with van der Waals surface area (Å²) in [6.45, 7) is 0. The molecule has 4 fully saturated rings. The Morgan fingerprint density at radius 1 is 1.16 bits per heavy atom. The first-order valence-electron chi connectivity index (χ1n) is 7.56. The lowest BCUT2D eigenvalue weighted by Crippen LogP contribution is -2.47. The van der Waals surface area contributed by atoms with Gasteiger partial charge in [-0.15, -0.1) is 11.8 Å². The second kappa shape index (κ2) is 4.41. The molecule has 0 unspecified atom stereocenters. The van der Waals surface area contributed by atoms with E-state index in [4.69, 9.17) is 5.73 Å². The predicted molar refractivity (Wildman–Crippen MR) is 80.0 cm³/mol. The fraction of sp³-hybridized carbons (Fsp3) is 0.688. The Bertz CT molecular complexity index is 450. The zero-order valence-electron chi connectivity index (χ0n) is 11.3. The molecule has 0 amide bonds. The summed E-state index contributed by atoms with van der Waals surface area (Å²) in [5, 5.41) is 0. The summed E-state index contributed by atoms with van der Waals surface area (Å²) in [5.74, 6) is 5.08. The smallest absolute Gasteiger partial charge is 0.137 e. The maximum absolute atomic E-state index is 5.97. The third-order valence-corrected chi connectivity index (χ3v) is 6.91. The topological polar surface area (TPSA) is 38.9 Å². The normalized spacial score (nSPS) is 39.7. The minimum absolute atomic E-state index is 0.627. The van der Waals surface area contributed by atoms with E-state index in [-0.39, 0.29) is 0 Å². The first-order chi connectivity index (χ1) is 9.22. The van der Waals surface area contributed by atoms with Crippen molar-refractivity contribution < 1.29 is 0 Å². The van der Waals surface area contributed by atoms with Gasteiger partial charge in [0, 0.05) is 16.8 Å². The molecule has 19 heavy (non-hydrogen) atoms. The molecule has 102 valence electrons. The number of nitrogens with zero attached hydrogens (tertiary/aromatic N) is 1. The molecule has 0 aliphatic heterocycles. The molecule has 1 aromatic rings. The molecule has 5 rings (SSSR count). The number of hydrogen-bond acceptors (Lipinski definition) is 3. The van der Waals surface area contributed by atoms with Crippen LogP contribution in [0.1, 0.15) is 38.5 Å². The van der Waals surface area contributed by atoms with E-state index in [0.29, 0.717) is 11.2 Å². The van der Waals surface area contributed by atoms with Crippen molar-refractivity contribution in [1.82, 2.24) is 4.98 Å². The van der Waals surface area contributed by atoms with Crippen LogP contribution in [0.25, 0.3) is 0 Å². The maximum atomic E-state index is 5.97. The molecule has 0 saturated heterocycles. The quantitative estimate of drug-likeness (QED) is 0.848.